The van der Waals surface area contributed by atoms with Gasteiger partial charge in [-0.2, -0.15) is 0 Å². The highest BCUT2D eigenvalue weighted by Gasteiger charge is 2.14. The van der Waals surface area contributed by atoms with Crippen LogP contribution >= 0.6 is 0 Å². The summed E-state index contributed by atoms with van der Waals surface area (Å²) < 4.78 is 5.89. The highest BCUT2D eigenvalue weighted by molar-refractivity contribution is 5.69. The zero-order valence-corrected chi connectivity index (χ0v) is 29.7. The fraction of sp³-hybridized carbons (Fsp3) is 0.900. The molecular weight excluding hydrogens is 544 g/mol. The van der Waals surface area contributed by atoms with E-state index in [2.05, 4.69) is 26.0 Å². The van der Waals surface area contributed by atoms with Crippen LogP contribution in [0.25, 0.3) is 0 Å². The first-order valence-electron chi connectivity index (χ1n) is 19.7. The van der Waals surface area contributed by atoms with Crippen molar-refractivity contribution in [1.29, 1.82) is 0 Å². The van der Waals surface area contributed by atoms with Crippen LogP contribution in [0.5, 0.6) is 0 Å². The second-order valence-electron chi connectivity index (χ2n) is 13.5. The number of esters is 1. The molecule has 1 atom stereocenters. The molecule has 0 saturated carbocycles. The molecule has 0 spiro atoms. The van der Waals surface area contributed by atoms with Gasteiger partial charge in [-0.15, -0.1) is 0 Å². The van der Waals surface area contributed by atoms with Crippen LogP contribution in [0.4, 0.5) is 0 Å². The standard InChI is InChI=1S/C40H76O4/c1-3-5-7-9-11-13-15-16-17-18-19-20-21-22-23-25-27-29-31-37-40(43)44-38(35-32-33-36-39(41)42)34-30-28-26-24-14-12-10-8-6-4-2/h16-17,38H,3-15,18-37H2,1-2H3,(H,41,42)/b17-16-. The van der Waals surface area contributed by atoms with E-state index in [-0.39, 0.29) is 18.5 Å². The van der Waals surface area contributed by atoms with Gasteiger partial charge in [-0.25, -0.2) is 0 Å². The SMILES string of the molecule is CCCCCCCC/C=C\CCCCCCCCCCCC(=O)OC(CCCCCCCCCCCC)CCCCC(=O)O. The molecule has 0 aromatic carbocycles. The van der Waals surface area contributed by atoms with E-state index in [0.717, 1.165) is 38.5 Å². The fourth-order valence-corrected chi connectivity index (χ4v) is 6.06. The van der Waals surface area contributed by atoms with Crippen molar-refractivity contribution in [3.05, 3.63) is 12.2 Å². The van der Waals surface area contributed by atoms with Gasteiger partial charge in [-0.1, -0.05) is 161 Å². The Labute approximate surface area is 275 Å². The van der Waals surface area contributed by atoms with Crippen LogP contribution in [-0.4, -0.2) is 23.1 Å². The topological polar surface area (TPSA) is 63.6 Å². The summed E-state index contributed by atoms with van der Waals surface area (Å²) >= 11 is 0. The number of hydrogen-bond acceptors (Lipinski definition) is 3. The molecule has 0 aromatic heterocycles. The van der Waals surface area contributed by atoms with Crippen molar-refractivity contribution < 1.29 is 19.4 Å². The number of hydrogen-bond donors (Lipinski definition) is 1. The Kier molecular flexibility index (Phi) is 35.1. The first kappa shape index (κ1) is 42.7. The number of carbonyl (C=O) groups is 2. The highest BCUT2D eigenvalue weighted by atomic mass is 16.5. The first-order valence-corrected chi connectivity index (χ1v) is 19.7. The van der Waals surface area contributed by atoms with Gasteiger partial charge < -0.3 is 9.84 Å². The van der Waals surface area contributed by atoms with Crippen LogP contribution < -0.4 is 0 Å². The van der Waals surface area contributed by atoms with Crippen LogP contribution in [0.15, 0.2) is 12.2 Å². The van der Waals surface area contributed by atoms with Crippen molar-refractivity contribution in [1.82, 2.24) is 0 Å². The van der Waals surface area contributed by atoms with Crippen molar-refractivity contribution >= 4 is 11.9 Å². The number of unbranched alkanes of at least 4 members (excludes halogenated alkanes) is 25. The number of carboxylic acids is 1. The van der Waals surface area contributed by atoms with Gasteiger partial charge in [0.05, 0.1) is 0 Å². The Morgan fingerprint density at radius 3 is 1.25 bits per heavy atom. The molecule has 0 aliphatic heterocycles. The van der Waals surface area contributed by atoms with E-state index in [4.69, 9.17) is 9.84 Å². The summed E-state index contributed by atoms with van der Waals surface area (Å²) in [5.41, 5.74) is 0. The molecule has 4 nitrogen and oxygen atoms in total. The molecule has 260 valence electrons. The molecule has 0 fully saturated rings. The van der Waals surface area contributed by atoms with Gasteiger partial charge >= 0.3 is 11.9 Å². The number of allylic oxidation sites excluding steroid dienone is 2. The number of aliphatic carboxylic acids is 1. The Bertz CT molecular complexity index is 629. The zero-order chi connectivity index (χ0) is 32.2. The van der Waals surface area contributed by atoms with Gasteiger partial charge in [0.2, 0.25) is 0 Å². The number of carboxylic acid groups (broad SMARTS) is 1. The van der Waals surface area contributed by atoms with Crippen molar-refractivity contribution in [2.75, 3.05) is 0 Å². The van der Waals surface area contributed by atoms with Crippen molar-refractivity contribution in [3.8, 4) is 0 Å². The minimum absolute atomic E-state index is 0.0406. The van der Waals surface area contributed by atoms with Crippen molar-refractivity contribution in [2.24, 2.45) is 0 Å². The lowest BCUT2D eigenvalue weighted by atomic mass is 10.0. The predicted molar refractivity (Wildman–Crippen MR) is 190 cm³/mol. The van der Waals surface area contributed by atoms with Crippen molar-refractivity contribution in [2.45, 2.75) is 232 Å². The molecule has 0 aromatic rings. The molecule has 4 heteroatoms. The van der Waals surface area contributed by atoms with E-state index < -0.39 is 5.97 Å². The molecule has 1 unspecified atom stereocenters. The molecule has 44 heavy (non-hydrogen) atoms. The molecule has 0 aliphatic rings. The number of carbonyl (C=O) groups excluding carboxylic acids is 1. The first-order chi connectivity index (χ1) is 21.6. The van der Waals surface area contributed by atoms with E-state index in [1.807, 2.05) is 0 Å². The average molecular weight is 621 g/mol. The monoisotopic (exact) mass is 621 g/mol. The molecule has 0 heterocycles. The van der Waals surface area contributed by atoms with Crippen LogP contribution in [0, 0.1) is 0 Å². The van der Waals surface area contributed by atoms with Gasteiger partial charge in [-0.3, -0.25) is 9.59 Å². The molecule has 1 N–H and O–H groups in total. The molecule has 0 rings (SSSR count). The molecule has 0 amide bonds. The maximum absolute atomic E-state index is 12.5. The quantitative estimate of drug-likeness (QED) is 0.0430. The van der Waals surface area contributed by atoms with Gasteiger partial charge in [0, 0.05) is 12.8 Å². The summed E-state index contributed by atoms with van der Waals surface area (Å²) in [4.78, 5) is 23.4. The Morgan fingerprint density at radius 2 is 0.818 bits per heavy atom. The molecule has 0 saturated heterocycles. The minimum Gasteiger partial charge on any atom is -0.481 e. The van der Waals surface area contributed by atoms with Gasteiger partial charge in [0.15, 0.2) is 0 Å². The number of rotatable bonds is 36. The Hall–Kier alpha value is -1.32. The molecule has 0 aliphatic carbocycles. The molecule has 0 radical (unpaired) electrons. The van der Waals surface area contributed by atoms with Gasteiger partial charge in [-0.05, 0) is 64.2 Å². The fourth-order valence-electron chi connectivity index (χ4n) is 6.06. The lowest BCUT2D eigenvalue weighted by molar-refractivity contribution is -0.150. The molecular formula is C40H76O4. The molecule has 0 bridgehead atoms. The second kappa shape index (κ2) is 36.2. The summed E-state index contributed by atoms with van der Waals surface area (Å²) in [5, 5.41) is 8.93. The average Bonchev–Trinajstić information content (AvgIpc) is 3.01. The Morgan fingerprint density at radius 1 is 0.477 bits per heavy atom. The summed E-state index contributed by atoms with van der Waals surface area (Å²) in [6.45, 7) is 4.54. The summed E-state index contributed by atoms with van der Waals surface area (Å²) in [7, 11) is 0. The maximum atomic E-state index is 12.5. The lowest BCUT2D eigenvalue weighted by Crippen LogP contribution is -2.18. The zero-order valence-electron chi connectivity index (χ0n) is 29.7. The van der Waals surface area contributed by atoms with E-state index in [1.54, 1.807) is 0 Å². The van der Waals surface area contributed by atoms with E-state index in [9.17, 15) is 9.59 Å². The lowest BCUT2D eigenvalue weighted by Gasteiger charge is -2.18. The van der Waals surface area contributed by atoms with Crippen LogP contribution in [-0.2, 0) is 14.3 Å². The summed E-state index contributed by atoms with van der Waals surface area (Å²) in [5.74, 6) is -0.795. The van der Waals surface area contributed by atoms with Gasteiger partial charge in [0.25, 0.3) is 0 Å². The van der Waals surface area contributed by atoms with Crippen LogP contribution in [0.1, 0.15) is 226 Å². The predicted octanol–water partition coefficient (Wildman–Crippen LogP) is 13.5. The second-order valence-corrected chi connectivity index (χ2v) is 13.5. The van der Waals surface area contributed by atoms with Crippen molar-refractivity contribution in [3.63, 3.8) is 0 Å². The largest absolute Gasteiger partial charge is 0.481 e. The normalized spacial score (nSPS) is 12.2. The van der Waals surface area contributed by atoms with E-state index >= 15 is 0 Å². The van der Waals surface area contributed by atoms with E-state index in [1.165, 1.54) is 154 Å². The van der Waals surface area contributed by atoms with Gasteiger partial charge in [0.1, 0.15) is 6.10 Å². The minimum atomic E-state index is -0.741. The maximum Gasteiger partial charge on any atom is 0.306 e. The third-order valence-electron chi connectivity index (χ3n) is 8.99. The van der Waals surface area contributed by atoms with E-state index in [0.29, 0.717) is 12.8 Å². The number of ether oxygens (including phenoxy) is 1. The highest BCUT2D eigenvalue weighted by Crippen LogP contribution is 2.18. The summed E-state index contributed by atoms with van der Waals surface area (Å²) in [6.07, 6.45) is 43.7. The third kappa shape index (κ3) is 35.2. The third-order valence-corrected chi connectivity index (χ3v) is 8.99. The van der Waals surface area contributed by atoms with Crippen LogP contribution in [0.3, 0.4) is 0 Å². The summed E-state index contributed by atoms with van der Waals surface area (Å²) in [6, 6.07) is 0. The Balaban J connectivity index is 3.78. The van der Waals surface area contributed by atoms with Crippen LogP contribution in [0.2, 0.25) is 0 Å². The smallest absolute Gasteiger partial charge is 0.306 e.